The fourth-order valence-electron chi connectivity index (χ4n) is 9.55. The van der Waals surface area contributed by atoms with Gasteiger partial charge in [-0.15, -0.1) is 0 Å². The molecule has 22 heterocycles. The summed E-state index contributed by atoms with van der Waals surface area (Å²) in [5.41, 5.74) is 0. The highest BCUT2D eigenvalue weighted by Gasteiger charge is 2.59. The van der Waals surface area contributed by atoms with E-state index in [9.17, 15) is 102 Å². The molecule has 0 amide bonds. The van der Waals surface area contributed by atoms with Gasteiger partial charge in [0.2, 0.25) is 0 Å². The minimum Gasteiger partial charge on any atom is -0.394 e. The molecule has 22 rings (SSSR count). The lowest BCUT2D eigenvalue weighted by Crippen LogP contribution is -2.69. The Kier molecular flexibility index (Phi) is 20.5. The zero-order valence-corrected chi connectivity index (χ0v) is 38.5. The summed E-state index contributed by atoms with van der Waals surface area (Å²) >= 11 is 0. The maximum Gasteiger partial charge on any atom is 0.187 e. The lowest BCUT2D eigenvalue weighted by molar-refractivity contribution is -0.408. The Bertz CT molecular complexity index is 1680. The maximum absolute atomic E-state index is 11.8. The summed E-state index contributed by atoms with van der Waals surface area (Å²) in [6, 6.07) is 0. The second-order valence-corrected chi connectivity index (χ2v) is 18.6. The highest BCUT2D eigenvalue weighted by Crippen LogP contribution is 2.39. The van der Waals surface area contributed by atoms with Gasteiger partial charge in [0.25, 0.3) is 0 Å². The Labute approximate surface area is 412 Å². The maximum atomic E-state index is 11.8. The van der Waals surface area contributed by atoms with Gasteiger partial charge < -0.3 is 164 Å². The van der Waals surface area contributed by atoms with E-state index in [-0.39, 0.29) is 0 Å². The van der Waals surface area contributed by atoms with Crippen LogP contribution in [0.25, 0.3) is 0 Å². The van der Waals surface area contributed by atoms with Crippen molar-refractivity contribution < 1.29 is 164 Å². The van der Waals surface area contributed by atoms with E-state index in [1.165, 1.54) is 0 Å². The zero-order valence-electron chi connectivity index (χ0n) is 38.5. The fourth-order valence-corrected chi connectivity index (χ4v) is 9.55. The van der Waals surface area contributed by atoms with Crippen molar-refractivity contribution in [2.24, 2.45) is 0 Å². The van der Waals surface area contributed by atoms with Crippen LogP contribution in [0, 0.1) is 0 Å². The zero-order chi connectivity index (χ0) is 53.5. The molecule has 426 valence electrons. The van der Waals surface area contributed by atoms with E-state index in [1.54, 1.807) is 0 Å². The number of aliphatic hydroxyl groups excluding tert-OH is 20. The first-order valence-corrected chi connectivity index (χ1v) is 23.3. The highest BCUT2D eigenvalue weighted by atomic mass is 16.8. The molecule has 12 bridgehead atoms. The molecular formula is C40H68O33. The van der Waals surface area contributed by atoms with Crippen molar-refractivity contribution >= 4 is 0 Å². The lowest BCUT2D eigenvalue weighted by atomic mass is 9.94. The van der Waals surface area contributed by atoms with Gasteiger partial charge in [-0.05, 0) is 6.92 Å². The molecule has 22 saturated heterocycles. The fraction of sp³-hybridized carbons (Fsp3) is 1.00. The third-order valence-electron chi connectivity index (χ3n) is 13.7. The van der Waals surface area contributed by atoms with Gasteiger partial charge >= 0.3 is 0 Å². The van der Waals surface area contributed by atoms with Crippen molar-refractivity contribution in [2.45, 2.75) is 210 Å². The first kappa shape index (κ1) is 59.3. The van der Waals surface area contributed by atoms with Crippen molar-refractivity contribution in [1.82, 2.24) is 0 Å². The summed E-state index contributed by atoms with van der Waals surface area (Å²) in [7, 11) is 0. The Morgan fingerprint density at radius 2 is 0.507 bits per heavy atom. The normalized spacial score (nSPS) is 52.6. The molecule has 20 N–H and O–H groups in total. The molecule has 0 aliphatic carbocycles. The Balaban J connectivity index is 1.23. The number of hydrogen-bond acceptors (Lipinski definition) is 33. The molecule has 0 radical (unpaired) electrons. The third kappa shape index (κ3) is 12.0. The Hall–Kier alpha value is -1.32. The first-order valence-electron chi connectivity index (χ1n) is 23.3. The molecular weight excluding hydrogens is 1010 g/mol. The van der Waals surface area contributed by atoms with Crippen molar-refractivity contribution in [3.63, 3.8) is 0 Å². The van der Waals surface area contributed by atoms with Crippen molar-refractivity contribution in [2.75, 3.05) is 39.6 Å². The van der Waals surface area contributed by atoms with Crippen LogP contribution in [0.1, 0.15) is 6.92 Å². The minimum atomic E-state index is -2.39. The second kappa shape index (κ2) is 25.2. The van der Waals surface area contributed by atoms with Crippen molar-refractivity contribution in [3.05, 3.63) is 0 Å². The predicted octanol–water partition coefficient (Wildman–Crippen LogP) is -14.0. The monoisotopic (exact) mass is 1080 g/mol. The Morgan fingerprint density at radius 3 is 0.726 bits per heavy atom. The van der Waals surface area contributed by atoms with E-state index in [0.29, 0.717) is 0 Å². The summed E-state index contributed by atoms with van der Waals surface area (Å²) in [4.78, 5) is 0. The van der Waals surface area contributed by atoms with Gasteiger partial charge in [-0.25, -0.2) is 0 Å². The smallest absolute Gasteiger partial charge is 0.187 e. The van der Waals surface area contributed by atoms with Crippen LogP contribution in [-0.4, -0.2) is 345 Å². The average Bonchev–Trinajstić information content (AvgIpc) is 3.37. The van der Waals surface area contributed by atoms with Crippen molar-refractivity contribution in [1.29, 1.82) is 0 Å². The molecule has 33 nitrogen and oxygen atoms in total. The molecule has 0 aromatic heterocycles. The summed E-state index contributed by atoms with van der Waals surface area (Å²) in [6.07, 6.45) is -66.9. The van der Waals surface area contributed by atoms with Gasteiger partial charge in [0.05, 0.1) is 45.7 Å². The van der Waals surface area contributed by atoms with Crippen LogP contribution in [0.3, 0.4) is 0 Å². The molecule has 3 unspecified atom stereocenters. The Morgan fingerprint density at radius 1 is 0.301 bits per heavy atom. The number of aliphatic hydroxyl groups is 20. The highest BCUT2D eigenvalue weighted by molar-refractivity contribution is 5.01. The molecule has 73 heavy (non-hydrogen) atoms. The van der Waals surface area contributed by atoms with E-state index in [4.69, 9.17) is 61.6 Å². The first-order chi connectivity index (χ1) is 34.6. The summed E-state index contributed by atoms with van der Waals surface area (Å²) < 4.78 is 74.2. The summed E-state index contributed by atoms with van der Waals surface area (Å²) in [6.45, 7) is -5.30. The number of hydrogen-bond donors (Lipinski definition) is 20. The van der Waals surface area contributed by atoms with Crippen LogP contribution in [0.15, 0.2) is 0 Å². The predicted molar refractivity (Wildman–Crippen MR) is 218 cm³/mol. The van der Waals surface area contributed by atoms with Crippen LogP contribution >= 0.6 is 0 Å². The molecule has 0 aromatic carbocycles. The van der Waals surface area contributed by atoms with Gasteiger partial charge in [0, 0.05) is 0 Å². The van der Waals surface area contributed by atoms with E-state index < -0.39 is 242 Å². The minimum absolute atomic E-state index is 1.02. The number of rotatable bonds is 10. The van der Waals surface area contributed by atoms with E-state index in [0.717, 1.165) is 6.92 Å². The molecule has 33 heteroatoms. The lowest BCUT2D eigenvalue weighted by Gasteiger charge is -2.51. The molecule has 0 spiro atoms. The number of ether oxygens (including phenoxy) is 13. The topological polar surface area (TPSA) is 525 Å². The van der Waals surface area contributed by atoms with Gasteiger partial charge in [0.15, 0.2) is 44.0 Å². The van der Waals surface area contributed by atoms with Crippen LogP contribution in [-0.2, 0) is 61.6 Å². The van der Waals surface area contributed by atoms with Crippen LogP contribution < -0.4 is 0 Å². The molecule has 0 aromatic rings. The molecule has 22 fully saturated rings. The van der Waals surface area contributed by atoms with Gasteiger partial charge in [0.1, 0.15) is 153 Å². The SMILES string of the molecule is CC(O)C(O)C(O)O[C@@H]1[C@@H](O)[C@H]2O[C@H]3[C@H](O)[C@@H](O)[C@@H](O[C@H]4[C@H](O)[C@@H](O)[C@@H](O[C@H]5[C@H](O)[C@@H](O)[C@@H](O[C@H]6[C@H](O)[C@@H](O)[C@@H](O[C@H]7[C@H](O)[C@@H](O)[C@@H](O[C@H]1[C@@H](CO)O2)O[C@@H]7CO)O[C@@H]6CO)O[C@@H]5CO)O[C@@H]4CO)O[C@@H]3CO. The molecule has 22 aliphatic heterocycles. The third-order valence-corrected chi connectivity index (χ3v) is 13.7. The molecule has 33 atom stereocenters. The van der Waals surface area contributed by atoms with Crippen molar-refractivity contribution in [3.8, 4) is 0 Å². The molecule has 22 aliphatic rings. The van der Waals surface area contributed by atoms with E-state index in [2.05, 4.69) is 0 Å². The molecule has 0 saturated carbocycles. The van der Waals surface area contributed by atoms with Crippen LogP contribution in [0.2, 0.25) is 0 Å². The van der Waals surface area contributed by atoms with Gasteiger partial charge in [-0.3, -0.25) is 0 Å². The van der Waals surface area contributed by atoms with E-state index in [1.807, 2.05) is 0 Å². The van der Waals surface area contributed by atoms with Crippen LogP contribution in [0.5, 0.6) is 0 Å². The summed E-state index contributed by atoms with van der Waals surface area (Å²) in [5.74, 6) is 0. The van der Waals surface area contributed by atoms with Gasteiger partial charge in [-0.2, -0.15) is 0 Å². The van der Waals surface area contributed by atoms with E-state index >= 15 is 0 Å². The largest absolute Gasteiger partial charge is 0.394 e. The average molecular weight is 1080 g/mol. The van der Waals surface area contributed by atoms with Crippen LogP contribution in [0.4, 0.5) is 0 Å². The quantitative estimate of drug-likeness (QED) is 0.0903. The second-order valence-electron chi connectivity index (χ2n) is 18.6. The standard InChI is InChI=1S/C40H68O33/c1-8(47)15(48)34(60)67-33-26(59)40-66-14(7-46)32(33)73-39-25(58)20(53)30(12(5-44)65-39)71-37-23(56)18(51)28(10(3-42)63-37)69-35-21(54)16(49)27(9(2-41)61-35)68-36-22(55)17(50)29(11(4-43)62-36)70-38-24(57)19(52)31(72-40)13(6-45)64-38/h8-60H,2-7H2,1H3/t8?,9-,10-,11-,12-,13-,14-,15?,16-,17-,18-,19-,20-,21-,22-,23-,24-,25-,26-,27-,28-,29-,30-,31-,32+,33-,34?,35-,36-,37-,38-,39-,40-/m1/s1. The summed E-state index contributed by atoms with van der Waals surface area (Å²) in [5, 5.41) is 219. The van der Waals surface area contributed by atoms with Gasteiger partial charge in [-0.1, -0.05) is 0 Å².